The Morgan fingerprint density at radius 3 is 2.43 bits per heavy atom. The van der Waals surface area contributed by atoms with Crippen molar-refractivity contribution in [1.82, 2.24) is 0 Å². The molecule has 0 nitrogen and oxygen atoms in total. The third-order valence-corrected chi connectivity index (χ3v) is 2.87. The summed E-state index contributed by atoms with van der Waals surface area (Å²) in [4.78, 5) is 2.38. The Morgan fingerprint density at radius 2 is 1.93 bits per heavy atom. The van der Waals surface area contributed by atoms with Crippen molar-refractivity contribution in [2.45, 2.75) is 11.8 Å². The molecule has 1 aromatic carbocycles. The molecule has 0 amide bonds. The van der Waals surface area contributed by atoms with Crippen molar-refractivity contribution in [1.29, 1.82) is 0 Å². The van der Waals surface area contributed by atoms with Gasteiger partial charge in [0.25, 0.3) is 0 Å². The van der Waals surface area contributed by atoms with Crippen LogP contribution in [0.1, 0.15) is 6.92 Å². The van der Waals surface area contributed by atoms with Gasteiger partial charge >= 0.3 is 0 Å². The first kappa shape index (κ1) is 10.9. The van der Waals surface area contributed by atoms with Crippen LogP contribution in [-0.2, 0) is 0 Å². The van der Waals surface area contributed by atoms with Crippen molar-refractivity contribution < 1.29 is 0 Å². The number of rotatable bonds is 4. The van der Waals surface area contributed by atoms with Gasteiger partial charge in [-0.2, -0.15) is 0 Å². The van der Waals surface area contributed by atoms with E-state index < -0.39 is 0 Å². The molecule has 0 saturated carbocycles. The minimum absolute atomic E-state index is 1.07. The zero-order chi connectivity index (χ0) is 10.4. The lowest BCUT2D eigenvalue weighted by molar-refractivity contribution is 1.45. The molecule has 1 heteroatoms. The van der Waals surface area contributed by atoms with Gasteiger partial charge in [-0.25, -0.2) is 0 Å². The summed E-state index contributed by atoms with van der Waals surface area (Å²) in [6.45, 7) is 9.63. The van der Waals surface area contributed by atoms with E-state index in [-0.39, 0.29) is 0 Å². The average molecular weight is 202 g/mol. The second-order valence-corrected chi connectivity index (χ2v) is 4.08. The summed E-state index contributed by atoms with van der Waals surface area (Å²) in [5.74, 6) is 0. The Morgan fingerprint density at radius 1 is 1.29 bits per heavy atom. The molecular formula is C13H14S. The molecule has 0 atom stereocenters. The van der Waals surface area contributed by atoms with Gasteiger partial charge in [-0.15, -0.1) is 0 Å². The second-order valence-electron chi connectivity index (χ2n) is 2.96. The Balaban J connectivity index is 2.80. The maximum absolute atomic E-state index is 3.93. The number of thioether (sulfide) groups is 1. The fourth-order valence-corrected chi connectivity index (χ4v) is 1.87. The normalized spacial score (nSPS) is 11.1. The van der Waals surface area contributed by atoms with E-state index in [1.54, 1.807) is 17.8 Å². The van der Waals surface area contributed by atoms with E-state index in [0.29, 0.717) is 0 Å². The second kappa shape index (κ2) is 5.51. The lowest BCUT2D eigenvalue weighted by Crippen LogP contribution is -1.78. The number of benzene rings is 1. The summed E-state index contributed by atoms with van der Waals surface area (Å²) in [6, 6.07) is 10.3. The molecule has 0 fully saturated rings. The van der Waals surface area contributed by atoms with Crippen LogP contribution in [0.4, 0.5) is 0 Å². The minimum atomic E-state index is 1.07. The van der Waals surface area contributed by atoms with Crippen LogP contribution < -0.4 is 0 Å². The maximum Gasteiger partial charge on any atom is 0.0145 e. The molecule has 0 aliphatic heterocycles. The quantitative estimate of drug-likeness (QED) is 0.514. The Kier molecular flexibility index (Phi) is 4.27. The van der Waals surface area contributed by atoms with Crippen molar-refractivity contribution in [2.24, 2.45) is 0 Å². The Bertz CT molecular complexity index is 347. The molecular weight excluding hydrogens is 188 g/mol. The number of hydrogen-bond donors (Lipinski definition) is 0. The van der Waals surface area contributed by atoms with Crippen LogP contribution >= 0.6 is 11.8 Å². The number of allylic oxidation sites excluding steroid dienone is 3. The highest BCUT2D eigenvalue weighted by Crippen LogP contribution is 2.30. The Hall–Kier alpha value is -1.21. The fourth-order valence-electron chi connectivity index (χ4n) is 0.986. The highest BCUT2D eigenvalue weighted by atomic mass is 32.2. The van der Waals surface area contributed by atoms with Crippen LogP contribution in [0.3, 0.4) is 0 Å². The zero-order valence-electron chi connectivity index (χ0n) is 8.36. The van der Waals surface area contributed by atoms with E-state index in [4.69, 9.17) is 0 Å². The van der Waals surface area contributed by atoms with Crippen LogP contribution in [-0.4, -0.2) is 0 Å². The van der Waals surface area contributed by atoms with Crippen molar-refractivity contribution >= 4 is 11.8 Å². The number of hydrogen-bond acceptors (Lipinski definition) is 1. The molecule has 0 bridgehead atoms. The van der Waals surface area contributed by atoms with Crippen molar-refractivity contribution in [2.75, 3.05) is 0 Å². The standard InChI is InChI=1S/C13H14S/c1-4-8-13(11(2)3)14-12-9-6-5-7-10-12/h4-10H,1-2H2,3H3/b13-8+. The van der Waals surface area contributed by atoms with Gasteiger partial charge in [0.1, 0.15) is 0 Å². The Labute approximate surface area is 90.0 Å². The highest BCUT2D eigenvalue weighted by Gasteiger charge is 1.99. The van der Waals surface area contributed by atoms with Crippen molar-refractivity contribution in [3.05, 3.63) is 66.1 Å². The van der Waals surface area contributed by atoms with E-state index in [1.165, 1.54) is 4.90 Å². The highest BCUT2D eigenvalue weighted by molar-refractivity contribution is 8.03. The lowest BCUT2D eigenvalue weighted by atomic mass is 10.3. The first-order valence-corrected chi connectivity index (χ1v) is 5.27. The summed E-state index contributed by atoms with van der Waals surface area (Å²) in [5.41, 5.74) is 1.07. The summed E-state index contributed by atoms with van der Waals surface area (Å²) in [7, 11) is 0. The minimum Gasteiger partial charge on any atom is -0.0990 e. The first-order chi connectivity index (χ1) is 6.74. The molecule has 0 spiro atoms. The largest absolute Gasteiger partial charge is 0.0990 e. The third-order valence-electron chi connectivity index (χ3n) is 1.66. The molecule has 1 rings (SSSR count). The monoisotopic (exact) mass is 202 g/mol. The van der Waals surface area contributed by atoms with Gasteiger partial charge in [-0.3, -0.25) is 0 Å². The first-order valence-electron chi connectivity index (χ1n) is 4.45. The molecule has 14 heavy (non-hydrogen) atoms. The zero-order valence-corrected chi connectivity index (χ0v) is 9.18. The summed E-state index contributed by atoms with van der Waals surface area (Å²) in [5, 5.41) is 0. The molecule has 0 N–H and O–H groups in total. The molecule has 0 radical (unpaired) electrons. The molecule has 0 saturated heterocycles. The summed E-state index contributed by atoms with van der Waals surface area (Å²) >= 11 is 1.71. The summed E-state index contributed by atoms with van der Waals surface area (Å²) < 4.78 is 0. The van der Waals surface area contributed by atoms with Crippen molar-refractivity contribution in [3.63, 3.8) is 0 Å². The third kappa shape index (κ3) is 3.27. The average Bonchev–Trinajstić information content (AvgIpc) is 2.18. The maximum atomic E-state index is 3.93. The molecule has 0 aromatic heterocycles. The van der Waals surface area contributed by atoms with Gasteiger partial charge in [0.15, 0.2) is 0 Å². The van der Waals surface area contributed by atoms with Gasteiger partial charge in [-0.1, -0.05) is 49.2 Å². The van der Waals surface area contributed by atoms with Gasteiger partial charge < -0.3 is 0 Å². The van der Waals surface area contributed by atoms with Crippen LogP contribution in [0, 0.1) is 0 Å². The van der Waals surface area contributed by atoms with E-state index in [1.807, 2.05) is 31.2 Å². The van der Waals surface area contributed by atoms with Crippen LogP contribution in [0.5, 0.6) is 0 Å². The topological polar surface area (TPSA) is 0 Å². The fraction of sp³-hybridized carbons (Fsp3) is 0.0769. The van der Waals surface area contributed by atoms with Crippen molar-refractivity contribution in [3.8, 4) is 0 Å². The summed E-state index contributed by atoms with van der Waals surface area (Å²) in [6.07, 6.45) is 3.78. The molecule has 0 unspecified atom stereocenters. The molecule has 72 valence electrons. The van der Waals surface area contributed by atoms with Crippen LogP contribution in [0.2, 0.25) is 0 Å². The molecule has 0 aliphatic carbocycles. The molecule has 0 aliphatic rings. The molecule has 0 heterocycles. The van der Waals surface area contributed by atoms with E-state index in [9.17, 15) is 0 Å². The van der Waals surface area contributed by atoms with Gasteiger partial charge in [-0.05, 0) is 30.7 Å². The molecule has 1 aromatic rings. The van der Waals surface area contributed by atoms with Gasteiger partial charge in [0, 0.05) is 9.80 Å². The van der Waals surface area contributed by atoms with E-state index in [0.717, 1.165) is 10.5 Å². The van der Waals surface area contributed by atoms with E-state index >= 15 is 0 Å². The SMILES string of the molecule is C=C/C=C(/Sc1ccccc1)C(=C)C. The van der Waals surface area contributed by atoms with Crippen LogP contribution in [0.15, 0.2) is 71.0 Å². The van der Waals surface area contributed by atoms with Gasteiger partial charge in [0.05, 0.1) is 0 Å². The van der Waals surface area contributed by atoms with Gasteiger partial charge in [0.2, 0.25) is 0 Å². The van der Waals surface area contributed by atoms with Crippen LogP contribution in [0.25, 0.3) is 0 Å². The smallest absolute Gasteiger partial charge is 0.0145 e. The van der Waals surface area contributed by atoms with E-state index in [2.05, 4.69) is 25.3 Å². The predicted octanol–water partition coefficient (Wildman–Crippen LogP) is 4.42. The lowest BCUT2D eigenvalue weighted by Gasteiger charge is -2.05. The predicted molar refractivity (Wildman–Crippen MR) is 65.4 cm³/mol.